The fraction of sp³-hybridized carbons (Fsp3) is 0.267. The van der Waals surface area contributed by atoms with E-state index < -0.39 is 5.97 Å². The Labute approximate surface area is 130 Å². The summed E-state index contributed by atoms with van der Waals surface area (Å²) in [4.78, 5) is 27.5. The number of ether oxygens (including phenoxy) is 1. The van der Waals surface area contributed by atoms with Crippen LogP contribution in [0.4, 0.5) is 0 Å². The van der Waals surface area contributed by atoms with Gasteiger partial charge in [-0.1, -0.05) is 15.9 Å². The van der Waals surface area contributed by atoms with Gasteiger partial charge in [0.05, 0.1) is 18.5 Å². The zero-order chi connectivity index (χ0) is 15.4. The maximum Gasteiger partial charge on any atom is 0.306 e. The lowest BCUT2D eigenvalue weighted by Gasteiger charge is -2.06. The average Bonchev–Trinajstić information content (AvgIpc) is 2.44. The fourth-order valence-electron chi connectivity index (χ4n) is 1.91. The van der Waals surface area contributed by atoms with Crippen LogP contribution in [0.2, 0.25) is 0 Å². The number of hydrogen-bond donors (Lipinski definition) is 1. The number of rotatable bonds is 5. The van der Waals surface area contributed by atoms with Gasteiger partial charge in [0.2, 0.25) is 0 Å². The van der Waals surface area contributed by atoms with Crippen LogP contribution in [-0.2, 0) is 9.53 Å². The van der Waals surface area contributed by atoms with Crippen LogP contribution in [0.3, 0.4) is 0 Å². The molecule has 1 aromatic carbocycles. The molecule has 0 unspecified atom stereocenters. The number of aromatic hydroxyl groups is 1. The second kappa shape index (κ2) is 6.67. The molecule has 21 heavy (non-hydrogen) atoms. The molecule has 0 spiro atoms. The van der Waals surface area contributed by atoms with E-state index in [1.165, 1.54) is 6.07 Å². The number of pyridine rings is 1. The van der Waals surface area contributed by atoms with Crippen molar-refractivity contribution < 1.29 is 19.4 Å². The lowest BCUT2D eigenvalue weighted by atomic mass is 10.1. The van der Waals surface area contributed by atoms with Crippen molar-refractivity contribution in [2.24, 2.45) is 0 Å². The van der Waals surface area contributed by atoms with Crippen LogP contribution in [-0.4, -0.2) is 28.4 Å². The fourth-order valence-corrected chi connectivity index (χ4v) is 2.29. The van der Waals surface area contributed by atoms with Crippen LogP contribution in [0.5, 0.6) is 5.75 Å². The van der Waals surface area contributed by atoms with Gasteiger partial charge in [0.1, 0.15) is 11.4 Å². The summed E-state index contributed by atoms with van der Waals surface area (Å²) >= 11 is 3.33. The summed E-state index contributed by atoms with van der Waals surface area (Å²) in [6.45, 7) is 1.98. The van der Waals surface area contributed by atoms with E-state index in [2.05, 4.69) is 20.9 Å². The van der Waals surface area contributed by atoms with Gasteiger partial charge in [-0.25, -0.2) is 4.98 Å². The molecule has 0 aliphatic carbocycles. The first kappa shape index (κ1) is 15.4. The lowest BCUT2D eigenvalue weighted by Crippen LogP contribution is -2.09. The van der Waals surface area contributed by atoms with E-state index >= 15 is 0 Å². The van der Waals surface area contributed by atoms with E-state index in [-0.39, 0.29) is 36.7 Å². The van der Waals surface area contributed by atoms with Gasteiger partial charge in [0.15, 0.2) is 5.78 Å². The molecular weight excluding hydrogens is 338 g/mol. The zero-order valence-corrected chi connectivity index (χ0v) is 13.0. The standard InChI is InChI=1S/C15H14BrNO4/c1-2-21-14(20)6-5-12(18)15-13(19)8-9-7-10(16)3-4-11(9)17-15/h3-4,7-8,19H,2,5-6H2,1H3. The lowest BCUT2D eigenvalue weighted by molar-refractivity contribution is -0.143. The van der Waals surface area contributed by atoms with Crippen molar-refractivity contribution in [1.29, 1.82) is 0 Å². The van der Waals surface area contributed by atoms with Crippen LogP contribution in [0.1, 0.15) is 30.3 Å². The Morgan fingerprint density at radius 2 is 2.05 bits per heavy atom. The van der Waals surface area contributed by atoms with Crippen molar-refractivity contribution in [2.75, 3.05) is 6.61 Å². The van der Waals surface area contributed by atoms with E-state index in [1.54, 1.807) is 25.1 Å². The SMILES string of the molecule is CCOC(=O)CCC(=O)c1nc2ccc(Br)cc2cc1O. The number of aromatic nitrogens is 1. The highest BCUT2D eigenvalue weighted by Gasteiger charge is 2.16. The van der Waals surface area contributed by atoms with Crippen molar-refractivity contribution in [1.82, 2.24) is 4.98 Å². The summed E-state index contributed by atoms with van der Waals surface area (Å²) in [6.07, 6.45) is -0.0619. The van der Waals surface area contributed by atoms with Crippen LogP contribution in [0.25, 0.3) is 10.9 Å². The van der Waals surface area contributed by atoms with Gasteiger partial charge in [-0.15, -0.1) is 0 Å². The highest BCUT2D eigenvalue weighted by Crippen LogP contribution is 2.25. The summed E-state index contributed by atoms with van der Waals surface area (Å²) in [5.41, 5.74) is 0.588. The van der Waals surface area contributed by atoms with E-state index in [1.807, 2.05) is 0 Å². The summed E-state index contributed by atoms with van der Waals surface area (Å²) in [5, 5.41) is 10.6. The number of Topliss-reactive ketones (excluding diaryl/α,β-unsaturated/α-hetero) is 1. The third-order valence-electron chi connectivity index (χ3n) is 2.88. The molecule has 1 N–H and O–H groups in total. The topological polar surface area (TPSA) is 76.5 Å². The molecule has 0 bridgehead atoms. The number of carbonyl (C=O) groups excluding carboxylic acids is 2. The summed E-state index contributed by atoms with van der Waals surface area (Å²) in [7, 11) is 0. The molecule has 1 heterocycles. The van der Waals surface area contributed by atoms with E-state index in [0.717, 1.165) is 9.86 Å². The molecular formula is C15H14BrNO4. The molecule has 5 nitrogen and oxygen atoms in total. The van der Waals surface area contributed by atoms with Gasteiger partial charge >= 0.3 is 5.97 Å². The summed E-state index contributed by atoms with van der Waals surface area (Å²) < 4.78 is 5.62. The quantitative estimate of drug-likeness (QED) is 0.660. The van der Waals surface area contributed by atoms with Crippen LogP contribution in [0, 0.1) is 0 Å². The number of esters is 1. The maximum atomic E-state index is 12.0. The number of carbonyl (C=O) groups is 2. The number of halogens is 1. The minimum Gasteiger partial charge on any atom is -0.506 e. The minimum absolute atomic E-state index is 0.0193. The molecule has 0 saturated heterocycles. The molecule has 0 aliphatic heterocycles. The third kappa shape index (κ3) is 3.78. The number of hydrogen-bond acceptors (Lipinski definition) is 5. The molecule has 0 radical (unpaired) electrons. The van der Waals surface area contributed by atoms with E-state index in [4.69, 9.17) is 4.74 Å². The van der Waals surface area contributed by atoms with Crippen molar-refractivity contribution in [3.05, 3.63) is 34.4 Å². The Balaban J connectivity index is 2.21. The zero-order valence-electron chi connectivity index (χ0n) is 11.4. The molecule has 0 amide bonds. The monoisotopic (exact) mass is 351 g/mol. The Bertz CT molecular complexity index is 699. The van der Waals surface area contributed by atoms with Gasteiger partial charge in [-0.2, -0.15) is 0 Å². The van der Waals surface area contributed by atoms with Crippen LogP contribution in [0.15, 0.2) is 28.7 Å². The first-order valence-corrected chi connectivity index (χ1v) is 7.28. The second-order valence-corrected chi connectivity index (χ2v) is 5.34. The molecule has 110 valence electrons. The third-order valence-corrected chi connectivity index (χ3v) is 3.38. The first-order chi connectivity index (χ1) is 10.0. The molecule has 0 saturated carbocycles. The second-order valence-electron chi connectivity index (χ2n) is 4.42. The Kier molecular flexibility index (Phi) is 4.90. The molecule has 0 fully saturated rings. The molecule has 2 aromatic rings. The predicted octanol–water partition coefficient (Wildman–Crippen LogP) is 3.23. The Morgan fingerprint density at radius 3 is 2.76 bits per heavy atom. The Hall–Kier alpha value is -1.95. The number of benzene rings is 1. The van der Waals surface area contributed by atoms with Gasteiger partial charge in [-0.05, 0) is 31.2 Å². The van der Waals surface area contributed by atoms with Crippen molar-refractivity contribution in [3.63, 3.8) is 0 Å². The predicted molar refractivity (Wildman–Crippen MR) is 81.3 cm³/mol. The van der Waals surface area contributed by atoms with Gasteiger partial charge in [0.25, 0.3) is 0 Å². The molecule has 0 aliphatic rings. The van der Waals surface area contributed by atoms with E-state index in [9.17, 15) is 14.7 Å². The van der Waals surface area contributed by atoms with Crippen molar-refractivity contribution in [3.8, 4) is 5.75 Å². The average molecular weight is 352 g/mol. The van der Waals surface area contributed by atoms with Crippen LogP contribution < -0.4 is 0 Å². The minimum atomic E-state index is -0.435. The Morgan fingerprint density at radius 1 is 1.29 bits per heavy atom. The smallest absolute Gasteiger partial charge is 0.306 e. The number of nitrogens with zero attached hydrogens (tertiary/aromatic N) is 1. The van der Waals surface area contributed by atoms with Crippen molar-refractivity contribution >= 4 is 38.6 Å². The molecule has 6 heteroatoms. The van der Waals surface area contributed by atoms with E-state index in [0.29, 0.717) is 5.52 Å². The molecule has 0 atom stereocenters. The van der Waals surface area contributed by atoms with Crippen LogP contribution >= 0.6 is 15.9 Å². The normalized spacial score (nSPS) is 10.6. The largest absolute Gasteiger partial charge is 0.506 e. The van der Waals surface area contributed by atoms with Gasteiger partial charge < -0.3 is 9.84 Å². The number of fused-ring (bicyclic) bond motifs is 1. The highest BCUT2D eigenvalue weighted by molar-refractivity contribution is 9.10. The van der Waals surface area contributed by atoms with Crippen molar-refractivity contribution in [2.45, 2.75) is 19.8 Å². The molecule has 2 rings (SSSR count). The highest BCUT2D eigenvalue weighted by atomic mass is 79.9. The maximum absolute atomic E-state index is 12.0. The number of ketones is 1. The van der Waals surface area contributed by atoms with Gasteiger partial charge in [0, 0.05) is 16.3 Å². The first-order valence-electron chi connectivity index (χ1n) is 6.49. The summed E-state index contributed by atoms with van der Waals surface area (Å²) in [5.74, 6) is -1.00. The summed E-state index contributed by atoms with van der Waals surface area (Å²) in [6, 6.07) is 6.85. The molecule has 1 aromatic heterocycles. The van der Waals surface area contributed by atoms with Gasteiger partial charge in [-0.3, -0.25) is 9.59 Å².